The second-order valence-electron chi connectivity index (χ2n) is 9.66. The largest absolute Gasteiger partial charge is 0.489 e. The molecule has 174 valence electrons. The Morgan fingerprint density at radius 2 is 1.94 bits per heavy atom. The van der Waals surface area contributed by atoms with E-state index in [-0.39, 0.29) is 23.9 Å². The van der Waals surface area contributed by atoms with Crippen LogP contribution in [0.1, 0.15) is 47.4 Å². The van der Waals surface area contributed by atoms with Crippen molar-refractivity contribution in [2.75, 3.05) is 7.05 Å². The Balaban J connectivity index is 1.48. The summed E-state index contributed by atoms with van der Waals surface area (Å²) < 4.78 is 6.64. The van der Waals surface area contributed by atoms with Gasteiger partial charge in [0.25, 0.3) is 5.91 Å². The van der Waals surface area contributed by atoms with Crippen LogP contribution >= 0.6 is 0 Å². The van der Waals surface area contributed by atoms with E-state index in [0.717, 1.165) is 36.0 Å². The minimum absolute atomic E-state index is 0.128. The Bertz CT molecular complexity index is 1420. The summed E-state index contributed by atoms with van der Waals surface area (Å²) in [4.78, 5) is 19.9. The third kappa shape index (κ3) is 3.30. The van der Waals surface area contributed by atoms with Gasteiger partial charge in [-0.25, -0.2) is 4.99 Å². The van der Waals surface area contributed by atoms with E-state index in [2.05, 4.69) is 30.3 Å². The third-order valence-corrected chi connectivity index (χ3v) is 7.70. The van der Waals surface area contributed by atoms with E-state index in [1.807, 2.05) is 36.4 Å². The number of amides is 1. The molecule has 35 heavy (non-hydrogen) atoms. The van der Waals surface area contributed by atoms with Crippen LogP contribution in [0.4, 0.5) is 0 Å². The highest BCUT2D eigenvalue weighted by Gasteiger charge is 2.54. The van der Waals surface area contributed by atoms with E-state index in [4.69, 9.17) is 15.5 Å². The highest BCUT2D eigenvalue weighted by Crippen LogP contribution is 2.50. The molecule has 1 spiro atoms. The normalized spacial score (nSPS) is 24.9. The van der Waals surface area contributed by atoms with Gasteiger partial charge in [-0.05, 0) is 65.8 Å². The predicted molar refractivity (Wildman–Crippen MR) is 134 cm³/mol. The smallest absolute Gasteiger partial charge is 0.261 e. The molecule has 6 nitrogen and oxygen atoms in total. The van der Waals surface area contributed by atoms with Crippen molar-refractivity contribution in [1.29, 1.82) is 5.26 Å². The maximum absolute atomic E-state index is 13.7. The monoisotopic (exact) mass is 462 g/mol. The quantitative estimate of drug-likeness (QED) is 0.608. The minimum atomic E-state index is -1.12. The third-order valence-electron chi connectivity index (χ3n) is 7.70. The van der Waals surface area contributed by atoms with Crippen molar-refractivity contribution in [3.63, 3.8) is 0 Å². The van der Waals surface area contributed by atoms with Gasteiger partial charge in [0.15, 0.2) is 11.5 Å². The molecule has 0 aromatic heterocycles. The number of hydrogen-bond donors (Lipinski definition) is 1. The van der Waals surface area contributed by atoms with Gasteiger partial charge < -0.3 is 10.5 Å². The Morgan fingerprint density at radius 3 is 2.74 bits per heavy atom. The summed E-state index contributed by atoms with van der Waals surface area (Å²) in [5, 5.41) is 9.33. The molecule has 0 saturated carbocycles. The first-order valence-corrected chi connectivity index (χ1v) is 12.0. The predicted octanol–water partition coefficient (Wildman–Crippen LogP) is 4.48. The highest BCUT2D eigenvalue weighted by molar-refractivity contribution is 6.07. The standard InChI is InChI=1S/C29H26N4O2/c1-33-27(34)29(32-28(33)31)16-26(23-11-5-8-19-7-2-3-10-22(19)23)35-25-13-12-21(15-24(25)29)20-9-4-6-18(14-20)17-30/h2-4,6-7,9-10,12-15,23,26H,5,8,11,16H2,1H3,(H2,31,32)/t23?,26-,29-/m0/s1. The molecule has 0 radical (unpaired) electrons. The van der Waals surface area contributed by atoms with Crippen molar-refractivity contribution >= 4 is 11.9 Å². The molecule has 3 aromatic rings. The molecule has 1 aliphatic carbocycles. The van der Waals surface area contributed by atoms with Crippen molar-refractivity contribution in [2.24, 2.45) is 10.7 Å². The van der Waals surface area contributed by atoms with Crippen LogP contribution < -0.4 is 10.5 Å². The number of benzene rings is 3. The molecule has 2 N–H and O–H groups in total. The summed E-state index contributed by atoms with van der Waals surface area (Å²) in [6, 6.07) is 24.1. The molecular formula is C29H26N4O2. The number of nitrogens with two attached hydrogens (primary N) is 1. The lowest BCUT2D eigenvalue weighted by atomic mass is 9.73. The Morgan fingerprint density at radius 1 is 1.11 bits per heavy atom. The van der Waals surface area contributed by atoms with Crippen molar-refractivity contribution in [2.45, 2.75) is 43.2 Å². The van der Waals surface area contributed by atoms with Crippen LogP contribution in [-0.2, 0) is 16.8 Å². The molecule has 1 unspecified atom stereocenters. The van der Waals surface area contributed by atoms with Gasteiger partial charge >= 0.3 is 0 Å². The lowest BCUT2D eigenvalue weighted by Crippen LogP contribution is -2.47. The van der Waals surface area contributed by atoms with E-state index in [1.165, 1.54) is 16.0 Å². The number of likely N-dealkylation sites (N-methyl/N-ethyl adjacent to an activating group) is 1. The average molecular weight is 463 g/mol. The van der Waals surface area contributed by atoms with Gasteiger partial charge in [-0.15, -0.1) is 0 Å². The topological polar surface area (TPSA) is 91.7 Å². The number of fused-ring (bicyclic) bond motifs is 3. The number of aryl methyl sites for hydroxylation is 1. The summed E-state index contributed by atoms with van der Waals surface area (Å²) in [5.41, 5.74) is 10.9. The molecule has 2 heterocycles. The molecule has 1 amide bonds. The van der Waals surface area contributed by atoms with Crippen LogP contribution in [0.2, 0.25) is 0 Å². The fourth-order valence-corrected chi connectivity index (χ4v) is 5.92. The molecule has 6 rings (SSSR count). The van der Waals surface area contributed by atoms with Crippen LogP contribution in [0.5, 0.6) is 5.75 Å². The number of hydrogen-bond acceptors (Lipinski definition) is 5. The van der Waals surface area contributed by atoms with Crippen LogP contribution in [0, 0.1) is 11.3 Å². The molecular weight excluding hydrogens is 436 g/mol. The van der Waals surface area contributed by atoms with Crippen molar-refractivity contribution in [3.8, 4) is 22.9 Å². The number of carbonyl (C=O) groups is 1. The van der Waals surface area contributed by atoms with Gasteiger partial charge in [-0.3, -0.25) is 9.69 Å². The zero-order valence-electron chi connectivity index (χ0n) is 19.6. The second kappa shape index (κ2) is 7.99. The maximum Gasteiger partial charge on any atom is 0.261 e. The number of guanidine groups is 1. The molecule has 0 saturated heterocycles. The SMILES string of the molecule is CN1C(=O)[C@@]2(C[C@@H](C3CCCc4ccccc43)Oc3ccc(-c4cccc(C#N)c4)cc32)N=C1N. The average Bonchev–Trinajstić information content (AvgIpc) is 3.11. The fraction of sp³-hybridized carbons (Fsp3) is 0.276. The van der Waals surface area contributed by atoms with E-state index in [1.54, 1.807) is 13.1 Å². The fourth-order valence-electron chi connectivity index (χ4n) is 5.92. The molecule has 0 fully saturated rings. The Hall–Kier alpha value is -4.11. The second-order valence-corrected chi connectivity index (χ2v) is 9.66. The number of rotatable bonds is 2. The lowest BCUT2D eigenvalue weighted by Gasteiger charge is -2.41. The number of aliphatic imine (C=N–C) groups is 1. The van der Waals surface area contributed by atoms with Crippen molar-refractivity contribution < 1.29 is 9.53 Å². The number of carbonyl (C=O) groups excluding carboxylic acids is 1. The number of nitrogens with zero attached hydrogens (tertiary/aromatic N) is 3. The first-order chi connectivity index (χ1) is 17.0. The number of ether oxygens (including phenoxy) is 1. The van der Waals surface area contributed by atoms with Crippen LogP contribution in [-0.4, -0.2) is 29.9 Å². The summed E-state index contributed by atoms with van der Waals surface area (Å²) >= 11 is 0. The van der Waals surface area contributed by atoms with Gasteiger partial charge in [0.05, 0.1) is 11.6 Å². The van der Waals surface area contributed by atoms with E-state index >= 15 is 0 Å². The zero-order valence-corrected chi connectivity index (χ0v) is 19.6. The van der Waals surface area contributed by atoms with Gasteiger partial charge in [0.1, 0.15) is 11.9 Å². The molecule has 0 bridgehead atoms. The Labute approximate surface area is 204 Å². The van der Waals surface area contributed by atoms with Gasteiger partial charge in [-0.1, -0.05) is 42.5 Å². The molecule has 3 atom stereocenters. The molecule has 6 heteroatoms. The van der Waals surface area contributed by atoms with Crippen molar-refractivity contribution in [3.05, 3.63) is 89.0 Å². The molecule has 3 aromatic carbocycles. The first kappa shape index (κ1) is 21.4. The first-order valence-electron chi connectivity index (χ1n) is 12.0. The zero-order chi connectivity index (χ0) is 24.2. The van der Waals surface area contributed by atoms with Crippen LogP contribution in [0.25, 0.3) is 11.1 Å². The minimum Gasteiger partial charge on any atom is -0.489 e. The Kier molecular flexibility index (Phi) is 4.89. The summed E-state index contributed by atoms with van der Waals surface area (Å²) in [6.45, 7) is 0. The van der Waals surface area contributed by atoms with Crippen LogP contribution in [0.3, 0.4) is 0 Å². The van der Waals surface area contributed by atoms with Crippen LogP contribution in [0.15, 0.2) is 71.7 Å². The van der Waals surface area contributed by atoms with E-state index in [0.29, 0.717) is 17.7 Å². The summed E-state index contributed by atoms with van der Waals surface area (Å²) in [5.74, 6) is 0.955. The lowest BCUT2D eigenvalue weighted by molar-refractivity contribution is -0.132. The van der Waals surface area contributed by atoms with E-state index < -0.39 is 5.54 Å². The summed E-state index contributed by atoms with van der Waals surface area (Å²) in [6.07, 6.45) is 3.41. The maximum atomic E-state index is 13.7. The van der Waals surface area contributed by atoms with Gasteiger partial charge in [0, 0.05) is 24.9 Å². The molecule has 3 aliphatic rings. The highest BCUT2D eigenvalue weighted by atomic mass is 16.5. The molecule has 2 aliphatic heterocycles. The van der Waals surface area contributed by atoms with Gasteiger partial charge in [0.2, 0.25) is 0 Å². The van der Waals surface area contributed by atoms with Crippen molar-refractivity contribution in [1.82, 2.24) is 4.90 Å². The van der Waals surface area contributed by atoms with Gasteiger partial charge in [-0.2, -0.15) is 5.26 Å². The van der Waals surface area contributed by atoms with E-state index in [9.17, 15) is 10.1 Å². The summed E-state index contributed by atoms with van der Waals surface area (Å²) in [7, 11) is 1.68. The number of nitriles is 1.